The fourth-order valence-electron chi connectivity index (χ4n) is 2.84. The van der Waals surface area contributed by atoms with Crippen LogP contribution in [-0.2, 0) is 11.0 Å². The molecule has 2 saturated heterocycles. The lowest BCUT2D eigenvalue weighted by molar-refractivity contribution is -0.137. The number of carbonyl (C=O) groups is 3. The maximum atomic E-state index is 12.6. The smallest absolute Gasteiger partial charge is 0.336 e. The molecule has 1 aromatic carbocycles. The zero-order valence-corrected chi connectivity index (χ0v) is 13.2. The molecule has 24 heavy (non-hydrogen) atoms. The number of likely N-dealkylation sites (tertiary alicyclic amines) is 1. The molecule has 0 radical (unpaired) electrons. The van der Waals surface area contributed by atoms with Crippen LogP contribution in [0.15, 0.2) is 24.3 Å². The number of benzene rings is 1. The van der Waals surface area contributed by atoms with Crippen molar-refractivity contribution in [3.8, 4) is 0 Å². The fraction of sp³-hybridized carbons (Fsp3) is 0.400. The Bertz CT molecular complexity index is 674. The third-order valence-electron chi connectivity index (χ3n) is 4.06. The molecular weight excluding hydrogens is 345 g/mol. The molecule has 3 rings (SSSR count). The Morgan fingerprint density at radius 1 is 1.17 bits per heavy atom. The third kappa shape index (κ3) is 3.12. The number of alkyl halides is 3. The lowest BCUT2D eigenvalue weighted by Crippen LogP contribution is -2.41. The van der Waals surface area contributed by atoms with Gasteiger partial charge in [-0.05, 0) is 30.7 Å². The van der Waals surface area contributed by atoms with Crippen LogP contribution < -0.4 is 0 Å². The van der Waals surface area contributed by atoms with E-state index in [0.717, 1.165) is 36.0 Å². The minimum atomic E-state index is -4.45. The molecule has 2 aliphatic heterocycles. The van der Waals surface area contributed by atoms with E-state index < -0.39 is 17.6 Å². The molecule has 1 unspecified atom stereocenters. The van der Waals surface area contributed by atoms with E-state index in [1.54, 1.807) is 0 Å². The summed E-state index contributed by atoms with van der Waals surface area (Å²) in [6.45, 7) is 0.560. The maximum absolute atomic E-state index is 12.6. The van der Waals surface area contributed by atoms with Crippen molar-refractivity contribution in [1.29, 1.82) is 0 Å². The normalized spacial score (nSPS) is 21.7. The second kappa shape index (κ2) is 6.12. The summed E-state index contributed by atoms with van der Waals surface area (Å²) >= 11 is 0.938. The highest BCUT2D eigenvalue weighted by atomic mass is 32.2. The van der Waals surface area contributed by atoms with Gasteiger partial charge >= 0.3 is 6.18 Å². The number of nitrogens with zero attached hydrogens (tertiary/aromatic N) is 2. The zero-order valence-electron chi connectivity index (χ0n) is 12.4. The van der Waals surface area contributed by atoms with E-state index in [0.29, 0.717) is 13.0 Å². The van der Waals surface area contributed by atoms with Gasteiger partial charge in [0, 0.05) is 18.7 Å². The van der Waals surface area contributed by atoms with Crippen LogP contribution in [0.25, 0.3) is 0 Å². The molecule has 9 heteroatoms. The minimum absolute atomic E-state index is 0.113. The van der Waals surface area contributed by atoms with E-state index in [-0.39, 0.29) is 35.0 Å². The molecule has 128 valence electrons. The van der Waals surface area contributed by atoms with E-state index in [1.807, 2.05) is 0 Å². The SMILES string of the molecule is O=C(c1ccc(C(F)(F)F)cc1)N1CCC(N2C(=O)CSC2=O)C1. The van der Waals surface area contributed by atoms with Crippen LogP contribution in [0.4, 0.5) is 18.0 Å². The molecule has 5 nitrogen and oxygen atoms in total. The minimum Gasteiger partial charge on any atom is -0.336 e. The number of thioether (sulfide) groups is 1. The van der Waals surface area contributed by atoms with Gasteiger partial charge in [0.25, 0.3) is 11.1 Å². The van der Waals surface area contributed by atoms with Crippen molar-refractivity contribution in [2.75, 3.05) is 18.8 Å². The lowest BCUT2D eigenvalue weighted by Gasteiger charge is -2.22. The van der Waals surface area contributed by atoms with Crippen molar-refractivity contribution >= 4 is 28.8 Å². The first-order valence-electron chi connectivity index (χ1n) is 7.23. The van der Waals surface area contributed by atoms with Gasteiger partial charge in [0.2, 0.25) is 5.91 Å². The van der Waals surface area contributed by atoms with Crippen molar-refractivity contribution < 1.29 is 27.6 Å². The molecule has 2 heterocycles. The summed E-state index contributed by atoms with van der Waals surface area (Å²) in [5, 5.41) is -0.311. The third-order valence-corrected chi connectivity index (χ3v) is 4.89. The average Bonchev–Trinajstić information content (AvgIpc) is 3.13. The van der Waals surface area contributed by atoms with E-state index in [9.17, 15) is 27.6 Å². The van der Waals surface area contributed by atoms with Crippen molar-refractivity contribution in [3.63, 3.8) is 0 Å². The molecule has 2 aliphatic rings. The second-order valence-corrected chi connectivity index (χ2v) is 6.51. The molecule has 2 fully saturated rings. The monoisotopic (exact) mass is 358 g/mol. The topological polar surface area (TPSA) is 57.7 Å². The Hall–Kier alpha value is -2.03. The van der Waals surface area contributed by atoms with Gasteiger partial charge in [-0.2, -0.15) is 13.2 Å². The van der Waals surface area contributed by atoms with Gasteiger partial charge in [0.05, 0.1) is 17.4 Å². The summed E-state index contributed by atoms with van der Waals surface area (Å²) in [4.78, 5) is 38.5. The van der Waals surface area contributed by atoms with E-state index >= 15 is 0 Å². The number of rotatable bonds is 2. The van der Waals surface area contributed by atoms with Crippen molar-refractivity contribution in [1.82, 2.24) is 9.80 Å². The van der Waals surface area contributed by atoms with Crippen LogP contribution in [0, 0.1) is 0 Å². The summed E-state index contributed by atoms with van der Waals surface area (Å²) in [5.41, 5.74) is -0.666. The Kier molecular flexibility index (Phi) is 4.29. The quantitative estimate of drug-likeness (QED) is 0.816. The highest BCUT2D eigenvalue weighted by molar-refractivity contribution is 8.14. The standard InChI is InChI=1S/C15H13F3N2O3S/c16-15(17,18)10-3-1-9(2-4-10)13(22)19-6-5-11(7-19)20-12(21)8-24-14(20)23/h1-4,11H,5-8H2. The van der Waals surface area contributed by atoms with Crippen molar-refractivity contribution in [2.45, 2.75) is 18.6 Å². The molecule has 0 aliphatic carbocycles. The molecule has 0 spiro atoms. The summed E-state index contributed by atoms with van der Waals surface area (Å²) < 4.78 is 37.7. The number of halogens is 3. The first kappa shape index (κ1) is 16.8. The van der Waals surface area contributed by atoms with Gasteiger partial charge in [-0.25, -0.2) is 0 Å². The molecule has 0 N–H and O–H groups in total. The van der Waals surface area contributed by atoms with Gasteiger partial charge in [-0.3, -0.25) is 19.3 Å². The van der Waals surface area contributed by atoms with Gasteiger partial charge in [0.15, 0.2) is 0 Å². The Balaban J connectivity index is 1.68. The summed E-state index contributed by atoms with van der Waals surface area (Å²) in [7, 11) is 0. The predicted octanol–water partition coefficient (Wildman–Crippen LogP) is 2.62. The maximum Gasteiger partial charge on any atom is 0.416 e. The van der Waals surface area contributed by atoms with Gasteiger partial charge in [0.1, 0.15) is 0 Å². The highest BCUT2D eigenvalue weighted by Crippen LogP contribution is 2.30. The summed E-state index contributed by atoms with van der Waals surface area (Å²) in [5.74, 6) is -0.556. The number of imide groups is 1. The van der Waals surface area contributed by atoms with Crippen LogP contribution in [-0.4, -0.2) is 51.7 Å². The number of amides is 3. The second-order valence-electron chi connectivity index (χ2n) is 5.59. The van der Waals surface area contributed by atoms with Crippen molar-refractivity contribution in [3.05, 3.63) is 35.4 Å². The van der Waals surface area contributed by atoms with Crippen molar-refractivity contribution in [2.24, 2.45) is 0 Å². The first-order valence-corrected chi connectivity index (χ1v) is 8.21. The molecule has 1 aromatic rings. The average molecular weight is 358 g/mol. The molecule has 0 aromatic heterocycles. The Morgan fingerprint density at radius 3 is 2.38 bits per heavy atom. The zero-order chi connectivity index (χ0) is 17.5. The molecular formula is C15H13F3N2O3S. The highest BCUT2D eigenvalue weighted by Gasteiger charge is 2.40. The fourth-order valence-corrected chi connectivity index (χ4v) is 3.61. The molecule has 1 atom stereocenters. The predicted molar refractivity (Wildman–Crippen MR) is 80.5 cm³/mol. The van der Waals surface area contributed by atoms with Gasteiger partial charge in [-0.15, -0.1) is 0 Å². The van der Waals surface area contributed by atoms with Gasteiger partial charge < -0.3 is 4.90 Å². The number of hydrogen-bond acceptors (Lipinski definition) is 4. The number of carbonyl (C=O) groups excluding carboxylic acids is 3. The van der Waals surface area contributed by atoms with Crippen LogP contribution in [0.2, 0.25) is 0 Å². The van der Waals surface area contributed by atoms with Crippen LogP contribution in [0.3, 0.4) is 0 Å². The molecule has 0 bridgehead atoms. The Morgan fingerprint density at radius 2 is 1.83 bits per heavy atom. The largest absolute Gasteiger partial charge is 0.416 e. The lowest BCUT2D eigenvalue weighted by atomic mass is 10.1. The summed E-state index contributed by atoms with van der Waals surface area (Å²) in [6, 6.07) is 3.65. The molecule has 0 saturated carbocycles. The van der Waals surface area contributed by atoms with Crippen LogP contribution in [0.5, 0.6) is 0 Å². The van der Waals surface area contributed by atoms with Crippen LogP contribution >= 0.6 is 11.8 Å². The molecule has 3 amide bonds. The van der Waals surface area contributed by atoms with E-state index in [1.165, 1.54) is 9.80 Å². The summed E-state index contributed by atoms with van der Waals surface area (Å²) in [6.07, 6.45) is -3.97. The first-order chi connectivity index (χ1) is 11.3. The number of hydrogen-bond donors (Lipinski definition) is 0. The van der Waals surface area contributed by atoms with E-state index in [4.69, 9.17) is 0 Å². The van der Waals surface area contributed by atoms with Gasteiger partial charge in [-0.1, -0.05) is 11.8 Å². The Labute approximate surface area is 139 Å². The van der Waals surface area contributed by atoms with Crippen LogP contribution in [0.1, 0.15) is 22.3 Å². The van der Waals surface area contributed by atoms with E-state index in [2.05, 4.69) is 0 Å².